The van der Waals surface area contributed by atoms with Gasteiger partial charge in [0.2, 0.25) is 5.91 Å². The number of carbonyl (C=O) groups is 1. The molecule has 3 rings (SSSR count). The summed E-state index contributed by atoms with van der Waals surface area (Å²) in [4.78, 5) is 20.8. The molecule has 1 amide bonds. The fourth-order valence-electron chi connectivity index (χ4n) is 2.38. The largest absolute Gasteiger partial charge is 0.288 e. The summed E-state index contributed by atoms with van der Waals surface area (Å²) in [6.45, 7) is 0.823. The number of nitrogens with zero attached hydrogens (tertiary/aromatic N) is 5. The molecule has 6 nitrogen and oxygen atoms in total. The van der Waals surface area contributed by atoms with E-state index in [0.29, 0.717) is 30.3 Å². The minimum Gasteiger partial charge on any atom is -0.288 e. The predicted molar refractivity (Wildman–Crippen MR) is 82.0 cm³/mol. The van der Waals surface area contributed by atoms with Crippen molar-refractivity contribution < 1.29 is 9.18 Å². The lowest BCUT2D eigenvalue weighted by Gasteiger charge is -2.11. The highest BCUT2D eigenvalue weighted by molar-refractivity contribution is 7.14. The van der Waals surface area contributed by atoms with Crippen LogP contribution in [0.1, 0.15) is 6.42 Å². The Morgan fingerprint density at radius 2 is 2.23 bits per heavy atom. The Hall–Kier alpha value is -2.44. The lowest BCUT2D eigenvalue weighted by Crippen LogP contribution is -2.24. The molecule has 0 aliphatic carbocycles. The van der Waals surface area contributed by atoms with E-state index in [1.165, 1.54) is 23.5 Å². The van der Waals surface area contributed by atoms with Crippen molar-refractivity contribution in [3.8, 4) is 11.3 Å². The van der Waals surface area contributed by atoms with E-state index >= 15 is 0 Å². The molecule has 2 aromatic rings. The van der Waals surface area contributed by atoms with Crippen molar-refractivity contribution >= 4 is 22.4 Å². The van der Waals surface area contributed by atoms with Crippen molar-refractivity contribution in [1.82, 2.24) is 4.98 Å². The number of aromatic nitrogens is 1. The zero-order valence-corrected chi connectivity index (χ0v) is 12.3. The smallest absolute Gasteiger partial charge is 0.229 e. The van der Waals surface area contributed by atoms with Gasteiger partial charge in [0.25, 0.3) is 0 Å². The number of hydrogen-bond donors (Lipinski definition) is 0. The molecule has 0 radical (unpaired) electrons. The lowest BCUT2D eigenvalue weighted by atomic mass is 10.1. The summed E-state index contributed by atoms with van der Waals surface area (Å²) in [6, 6.07) is 6.07. The molecule has 1 aromatic heterocycles. The van der Waals surface area contributed by atoms with Crippen molar-refractivity contribution in [2.75, 3.05) is 18.0 Å². The van der Waals surface area contributed by atoms with Gasteiger partial charge >= 0.3 is 0 Å². The van der Waals surface area contributed by atoms with Crippen molar-refractivity contribution in [3.05, 3.63) is 45.9 Å². The molecule has 0 N–H and O–H groups in total. The molecule has 0 saturated carbocycles. The van der Waals surface area contributed by atoms with Gasteiger partial charge in [-0.1, -0.05) is 5.11 Å². The molecule has 1 unspecified atom stereocenters. The summed E-state index contributed by atoms with van der Waals surface area (Å²) in [5, 5.41) is 5.99. The summed E-state index contributed by atoms with van der Waals surface area (Å²) >= 11 is 1.37. The number of azide groups is 1. The van der Waals surface area contributed by atoms with Crippen LogP contribution in [0.4, 0.5) is 9.52 Å². The number of hydrogen-bond acceptors (Lipinski definition) is 4. The zero-order chi connectivity index (χ0) is 15.5. The molecule has 1 saturated heterocycles. The van der Waals surface area contributed by atoms with E-state index < -0.39 is 0 Å². The Morgan fingerprint density at radius 1 is 1.45 bits per heavy atom. The van der Waals surface area contributed by atoms with Crippen LogP contribution in [0.3, 0.4) is 0 Å². The maximum absolute atomic E-state index is 12.9. The van der Waals surface area contributed by atoms with E-state index in [4.69, 9.17) is 5.53 Å². The highest BCUT2D eigenvalue weighted by Gasteiger charge is 2.31. The van der Waals surface area contributed by atoms with Crippen molar-refractivity contribution in [2.24, 2.45) is 11.0 Å². The van der Waals surface area contributed by atoms with E-state index in [1.807, 2.05) is 5.38 Å². The van der Waals surface area contributed by atoms with Crippen LogP contribution >= 0.6 is 11.3 Å². The Morgan fingerprint density at radius 3 is 2.95 bits per heavy atom. The molecule has 2 heterocycles. The average Bonchev–Trinajstić information content (AvgIpc) is 3.12. The number of benzene rings is 1. The SMILES string of the molecule is [N-]=[N+]=NCC1CC(=O)N(c2nc(-c3ccc(F)cc3)cs2)C1. The second-order valence-corrected chi connectivity index (χ2v) is 5.85. The summed E-state index contributed by atoms with van der Waals surface area (Å²) in [5.41, 5.74) is 9.87. The number of carbonyl (C=O) groups excluding carboxylic acids is 1. The number of rotatable bonds is 4. The van der Waals surface area contributed by atoms with Crippen LogP contribution in [0.25, 0.3) is 21.7 Å². The van der Waals surface area contributed by atoms with Crippen LogP contribution in [0.2, 0.25) is 0 Å². The second-order valence-electron chi connectivity index (χ2n) is 5.01. The summed E-state index contributed by atoms with van der Waals surface area (Å²) in [6.07, 6.45) is 0.366. The Balaban J connectivity index is 1.77. The van der Waals surface area contributed by atoms with E-state index in [1.54, 1.807) is 17.0 Å². The van der Waals surface area contributed by atoms with Gasteiger partial charge in [0.05, 0.1) is 5.69 Å². The molecule has 1 atom stereocenters. The highest BCUT2D eigenvalue weighted by Crippen LogP contribution is 2.31. The van der Waals surface area contributed by atoms with Crippen LogP contribution in [-0.4, -0.2) is 24.0 Å². The van der Waals surface area contributed by atoms with Crippen LogP contribution < -0.4 is 4.90 Å². The molecule has 112 valence electrons. The molecular formula is C14H12FN5OS. The van der Waals surface area contributed by atoms with Gasteiger partial charge < -0.3 is 0 Å². The van der Waals surface area contributed by atoms with Crippen LogP contribution in [-0.2, 0) is 4.79 Å². The molecule has 1 aromatic carbocycles. The standard InChI is InChI=1S/C14H12FN5OS/c15-11-3-1-10(2-4-11)12-8-22-14(18-12)20-7-9(5-13(20)21)6-17-19-16/h1-4,8-9H,5-7H2. The third-order valence-corrected chi connectivity index (χ3v) is 4.33. The van der Waals surface area contributed by atoms with Gasteiger partial charge in [0, 0.05) is 35.4 Å². The van der Waals surface area contributed by atoms with Crippen molar-refractivity contribution in [1.29, 1.82) is 0 Å². The Labute approximate surface area is 129 Å². The summed E-state index contributed by atoms with van der Waals surface area (Å²) in [7, 11) is 0. The van der Waals surface area contributed by atoms with Crippen molar-refractivity contribution in [3.63, 3.8) is 0 Å². The highest BCUT2D eigenvalue weighted by atomic mass is 32.1. The van der Waals surface area contributed by atoms with Gasteiger partial charge in [-0.25, -0.2) is 9.37 Å². The first-order valence-corrected chi connectivity index (χ1v) is 7.58. The first-order valence-electron chi connectivity index (χ1n) is 6.70. The summed E-state index contributed by atoms with van der Waals surface area (Å²) < 4.78 is 12.9. The van der Waals surface area contributed by atoms with Gasteiger partial charge in [-0.05, 0) is 35.7 Å². The molecule has 22 heavy (non-hydrogen) atoms. The van der Waals surface area contributed by atoms with Gasteiger partial charge in [-0.15, -0.1) is 11.3 Å². The van der Waals surface area contributed by atoms with E-state index in [-0.39, 0.29) is 17.6 Å². The van der Waals surface area contributed by atoms with Gasteiger partial charge in [-0.3, -0.25) is 9.69 Å². The monoisotopic (exact) mass is 317 g/mol. The maximum atomic E-state index is 12.9. The molecule has 1 aliphatic heterocycles. The molecule has 0 spiro atoms. The summed E-state index contributed by atoms with van der Waals surface area (Å²) in [5.74, 6) is -0.283. The Kier molecular flexibility index (Phi) is 4.04. The number of halogens is 1. The zero-order valence-electron chi connectivity index (χ0n) is 11.5. The maximum Gasteiger partial charge on any atom is 0.229 e. The van der Waals surface area contributed by atoms with E-state index in [0.717, 1.165) is 5.56 Å². The van der Waals surface area contributed by atoms with Crippen LogP contribution in [0, 0.1) is 11.7 Å². The number of amides is 1. The lowest BCUT2D eigenvalue weighted by molar-refractivity contribution is -0.117. The quantitative estimate of drug-likeness (QED) is 0.490. The Bertz CT molecular complexity index is 738. The van der Waals surface area contributed by atoms with Crippen molar-refractivity contribution in [2.45, 2.75) is 6.42 Å². The van der Waals surface area contributed by atoms with Gasteiger partial charge in [0.15, 0.2) is 5.13 Å². The molecular weight excluding hydrogens is 305 g/mol. The fourth-order valence-corrected chi connectivity index (χ4v) is 3.24. The van der Waals surface area contributed by atoms with E-state index in [2.05, 4.69) is 15.0 Å². The predicted octanol–water partition coefficient (Wildman–Crippen LogP) is 3.61. The molecule has 1 aliphatic rings. The van der Waals surface area contributed by atoms with Gasteiger partial charge in [-0.2, -0.15) is 0 Å². The van der Waals surface area contributed by atoms with E-state index in [9.17, 15) is 9.18 Å². The molecule has 1 fully saturated rings. The minimum atomic E-state index is -0.296. The average molecular weight is 317 g/mol. The van der Waals surface area contributed by atoms with Crippen LogP contribution in [0.15, 0.2) is 34.8 Å². The third kappa shape index (κ3) is 2.93. The number of anilines is 1. The number of thiazole rings is 1. The van der Waals surface area contributed by atoms with Gasteiger partial charge in [0.1, 0.15) is 5.82 Å². The fraction of sp³-hybridized carbons (Fsp3) is 0.286. The first-order chi connectivity index (χ1) is 10.7. The van der Waals surface area contributed by atoms with Crippen LogP contribution in [0.5, 0.6) is 0 Å². The normalized spacial score (nSPS) is 17.6. The minimum absolute atomic E-state index is 0.0156. The topological polar surface area (TPSA) is 82.0 Å². The second kappa shape index (κ2) is 6.13. The first kappa shape index (κ1) is 14.5. The molecule has 0 bridgehead atoms. The molecule has 8 heteroatoms. The third-order valence-electron chi connectivity index (χ3n) is 3.47.